The predicted molar refractivity (Wildman–Crippen MR) is 84.1 cm³/mol. The van der Waals surface area contributed by atoms with E-state index in [1.54, 1.807) is 12.1 Å². The van der Waals surface area contributed by atoms with E-state index in [0.29, 0.717) is 24.6 Å². The Kier molecular flexibility index (Phi) is 5.09. The number of halogens is 1. The number of para-hydroxylation sites is 1. The van der Waals surface area contributed by atoms with Crippen molar-refractivity contribution >= 4 is 11.5 Å². The molecule has 21 heavy (non-hydrogen) atoms. The molecule has 1 aromatic carbocycles. The molecule has 112 valence electrons. The number of hydrogen-bond acceptors (Lipinski definition) is 4. The maximum atomic E-state index is 13.9. The van der Waals surface area contributed by atoms with E-state index in [0.717, 1.165) is 18.1 Å². The van der Waals surface area contributed by atoms with Crippen LogP contribution in [0.2, 0.25) is 0 Å². The molecule has 0 unspecified atom stereocenters. The highest BCUT2D eigenvalue weighted by Gasteiger charge is 2.12. The third-order valence-electron chi connectivity index (χ3n) is 3.17. The van der Waals surface area contributed by atoms with Gasteiger partial charge in [0.15, 0.2) is 0 Å². The number of benzene rings is 1. The van der Waals surface area contributed by atoms with E-state index in [2.05, 4.69) is 15.3 Å². The molecule has 0 atom stereocenters. The van der Waals surface area contributed by atoms with Crippen molar-refractivity contribution in [2.45, 2.75) is 27.3 Å². The van der Waals surface area contributed by atoms with Gasteiger partial charge in [-0.05, 0) is 32.9 Å². The maximum absolute atomic E-state index is 13.9. The predicted octanol–water partition coefficient (Wildman–Crippen LogP) is 3.38. The van der Waals surface area contributed by atoms with E-state index in [9.17, 15) is 4.39 Å². The van der Waals surface area contributed by atoms with Crippen molar-refractivity contribution in [2.24, 2.45) is 0 Å². The molecule has 1 aromatic heterocycles. The summed E-state index contributed by atoms with van der Waals surface area (Å²) in [4.78, 5) is 10.9. The van der Waals surface area contributed by atoms with E-state index in [1.807, 2.05) is 37.8 Å². The van der Waals surface area contributed by atoms with Crippen molar-refractivity contribution in [2.75, 3.05) is 23.3 Å². The van der Waals surface area contributed by atoms with Crippen molar-refractivity contribution in [1.82, 2.24) is 9.97 Å². The number of hydrogen-bond donors (Lipinski definition) is 1. The first-order valence-electron chi connectivity index (χ1n) is 7.22. The van der Waals surface area contributed by atoms with Crippen LogP contribution in [0.1, 0.15) is 25.4 Å². The summed E-state index contributed by atoms with van der Waals surface area (Å²) >= 11 is 0. The molecule has 0 saturated carbocycles. The molecule has 4 nitrogen and oxygen atoms in total. The highest BCUT2D eigenvalue weighted by atomic mass is 19.1. The number of anilines is 2. The fourth-order valence-corrected chi connectivity index (χ4v) is 2.22. The molecular weight excluding hydrogens is 267 g/mol. The van der Waals surface area contributed by atoms with Gasteiger partial charge >= 0.3 is 0 Å². The smallest absolute Gasteiger partial charge is 0.150 e. The SMILES string of the molecule is CCNc1cc(C)nc(CN(CC)c2ccccc2F)n1. The van der Waals surface area contributed by atoms with Crippen molar-refractivity contribution < 1.29 is 4.39 Å². The monoisotopic (exact) mass is 288 g/mol. The maximum Gasteiger partial charge on any atom is 0.150 e. The second kappa shape index (κ2) is 7.02. The zero-order valence-corrected chi connectivity index (χ0v) is 12.7. The molecule has 0 aliphatic heterocycles. The summed E-state index contributed by atoms with van der Waals surface area (Å²) in [5.41, 5.74) is 1.48. The van der Waals surface area contributed by atoms with Gasteiger partial charge in [0.05, 0.1) is 12.2 Å². The molecule has 2 rings (SSSR count). The van der Waals surface area contributed by atoms with Crippen molar-refractivity contribution in [3.63, 3.8) is 0 Å². The van der Waals surface area contributed by atoms with Crippen LogP contribution in [-0.2, 0) is 6.54 Å². The molecular formula is C16H21FN4. The van der Waals surface area contributed by atoms with Crippen LogP contribution >= 0.6 is 0 Å². The lowest BCUT2D eigenvalue weighted by Crippen LogP contribution is -2.24. The van der Waals surface area contributed by atoms with E-state index < -0.39 is 0 Å². The molecule has 0 spiro atoms. The number of aryl methyl sites for hydroxylation is 1. The first-order valence-corrected chi connectivity index (χ1v) is 7.22. The van der Waals surface area contributed by atoms with Gasteiger partial charge < -0.3 is 10.2 Å². The summed E-state index contributed by atoms with van der Waals surface area (Å²) in [6, 6.07) is 8.69. The Bertz CT molecular complexity index is 601. The molecule has 0 radical (unpaired) electrons. The van der Waals surface area contributed by atoms with Crippen molar-refractivity contribution in [3.8, 4) is 0 Å². The number of aromatic nitrogens is 2. The van der Waals surface area contributed by atoms with E-state index in [4.69, 9.17) is 0 Å². The van der Waals surface area contributed by atoms with E-state index in [1.165, 1.54) is 6.07 Å². The van der Waals surface area contributed by atoms with Crippen LogP contribution in [0.4, 0.5) is 15.9 Å². The lowest BCUT2D eigenvalue weighted by Gasteiger charge is -2.23. The number of nitrogens with zero attached hydrogens (tertiary/aromatic N) is 3. The Morgan fingerprint density at radius 1 is 1.19 bits per heavy atom. The average Bonchev–Trinajstić information content (AvgIpc) is 2.45. The molecule has 0 aliphatic rings. The molecule has 0 fully saturated rings. The third-order valence-corrected chi connectivity index (χ3v) is 3.17. The minimum absolute atomic E-state index is 0.223. The van der Waals surface area contributed by atoms with Gasteiger partial charge in [-0.1, -0.05) is 12.1 Å². The van der Waals surface area contributed by atoms with Crippen LogP contribution in [0, 0.1) is 12.7 Å². The van der Waals surface area contributed by atoms with Gasteiger partial charge in [-0.2, -0.15) is 0 Å². The summed E-state index contributed by atoms with van der Waals surface area (Å²) in [5.74, 6) is 1.28. The molecule has 0 bridgehead atoms. The normalized spacial score (nSPS) is 10.5. The molecule has 1 heterocycles. The molecule has 2 aromatic rings. The van der Waals surface area contributed by atoms with Gasteiger partial charge in [0.2, 0.25) is 0 Å². The number of rotatable bonds is 6. The summed E-state index contributed by atoms with van der Waals surface area (Å²) < 4.78 is 13.9. The van der Waals surface area contributed by atoms with Crippen LogP contribution < -0.4 is 10.2 Å². The van der Waals surface area contributed by atoms with Crippen LogP contribution in [0.25, 0.3) is 0 Å². The second-order valence-electron chi connectivity index (χ2n) is 4.81. The average molecular weight is 288 g/mol. The van der Waals surface area contributed by atoms with Gasteiger partial charge in [-0.3, -0.25) is 0 Å². The first-order chi connectivity index (χ1) is 10.1. The van der Waals surface area contributed by atoms with Crippen LogP contribution in [0.3, 0.4) is 0 Å². The molecule has 5 heteroatoms. The van der Waals surface area contributed by atoms with Crippen LogP contribution in [0.15, 0.2) is 30.3 Å². The van der Waals surface area contributed by atoms with E-state index in [-0.39, 0.29) is 5.82 Å². The van der Waals surface area contributed by atoms with Gasteiger partial charge in [0.25, 0.3) is 0 Å². The fourth-order valence-electron chi connectivity index (χ4n) is 2.22. The third kappa shape index (κ3) is 3.90. The number of nitrogens with one attached hydrogen (secondary N) is 1. The molecule has 0 saturated heterocycles. The second-order valence-corrected chi connectivity index (χ2v) is 4.81. The summed E-state index contributed by atoms with van der Waals surface area (Å²) in [5, 5.41) is 3.19. The molecule has 1 N–H and O–H groups in total. The Hall–Kier alpha value is -2.17. The molecule has 0 aliphatic carbocycles. The Morgan fingerprint density at radius 3 is 2.62 bits per heavy atom. The standard InChI is InChI=1S/C16H21FN4/c1-4-18-15-10-12(3)19-16(20-15)11-21(5-2)14-9-7-6-8-13(14)17/h6-10H,4-5,11H2,1-3H3,(H,18,19,20). The highest BCUT2D eigenvalue weighted by Crippen LogP contribution is 2.20. The van der Waals surface area contributed by atoms with Crippen molar-refractivity contribution in [1.29, 1.82) is 0 Å². The lowest BCUT2D eigenvalue weighted by atomic mass is 10.2. The van der Waals surface area contributed by atoms with Crippen molar-refractivity contribution in [3.05, 3.63) is 47.7 Å². The topological polar surface area (TPSA) is 41.1 Å². The van der Waals surface area contributed by atoms with Gasteiger partial charge in [-0.25, -0.2) is 14.4 Å². The first kappa shape index (κ1) is 15.2. The van der Waals surface area contributed by atoms with Crippen LogP contribution in [0.5, 0.6) is 0 Å². The quantitative estimate of drug-likeness (QED) is 0.884. The molecule has 0 amide bonds. The van der Waals surface area contributed by atoms with Gasteiger partial charge in [-0.15, -0.1) is 0 Å². The Labute approximate surface area is 125 Å². The van der Waals surface area contributed by atoms with Gasteiger partial charge in [0, 0.05) is 24.8 Å². The Balaban J connectivity index is 2.24. The van der Waals surface area contributed by atoms with Crippen LogP contribution in [-0.4, -0.2) is 23.1 Å². The summed E-state index contributed by atoms with van der Waals surface area (Å²) in [6.45, 7) is 7.93. The highest BCUT2D eigenvalue weighted by molar-refractivity contribution is 5.47. The summed E-state index contributed by atoms with van der Waals surface area (Å²) in [7, 11) is 0. The summed E-state index contributed by atoms with van der Waals surface area (Å²) in [6.07, 6.45) is 0. The largest absolute Gasteiger partial charge is 0.370 e. The minimum atomic E-state index is -0.223. The fraction of sp³-hybridized carbons (Fsp3) is 0.375. The zero-order chi connectivity index (χ0) is 15.2. The zero-order valence-electron chi connectivity index (χ0n) is 12.7. The van der Waals surface area contributed by atoms with Gasteiger partial charge in [0.1, 0.15) is 17.5 Å². The minimum Gasteiger partial charge on any atom is -0.370 e. The Morgan fingerprint density at radius 2 is 1.95 bits per heavy atom. The lowest BCUT2D eigenvalue weighted by molar-refractivity contribution is 0.615. The van der Waals surface area contributed by atoms with E-state index >= 15 is 0 Å².